The van der Waals surface area contributed by atoms with Gasteiger partial charge in [-0.25, -0.2) is 0 Å². The molecule has 83 heavy (non-hydrogen) atoms. The van der Waals surface area contributed by atoms with Crippen LogP contribution in [-0.4, -0.2) is 37.2 Å². The Hall–Kier alpha value is -6.27. The first-order valence-corrected chi connectivity index (χ1v) is 32.2. The number of unbranched alkanes of at least 4 members (excludes halogenated alkanes) is 8. The molecule has 6 heteroatoms. The molecule has 0 amide bonds. The Bertz CT molecular complexity index is 2080. The fourth-order valence-corrected chi connectivity index (χ4v) is 7.75. The average Bonchev–Trinajstić information content (AvgIpc) is 3.49. The van der Waals surface area contributed by atoms with Crippen molar-refractivity contribution < 1.29 is 28.6 Å². The van der Waals surface area contributed by atoms with Crippen LogP contribution in [0, 0.1) is 0 Å². The first kappa shape index (κ1) is 76.7. The van der Waals surface area contributed by atoms with Crippen LogP contribution in [0.5, 0.6) is 0 Å². The van der Waals surface area contributed by atoms with Crippen LogP contribution in [0.2, 0.25) is 0 Å². The summed E-state index contributed by atoms with van der Waals surface area (Å²) in [5.74, 6) is -1.07. The molecular weight excluding hydrogens is 1020 g/mol. The third kappa shape index (κ3) is 66.4. The SMILES string of the molecule is CC/C=C\C/C=C\C/C=C\C/C=C\C/C=C\C/C=C\C/C=C\C/C=C\C/C=C\C/C=C\CCCCC(=O)OCC(COC(=O)CCCCCCC/C=C\C/C=C\C/C=C\CC)OC(=O)CCC/C=C\C/C=C\C/C=C\C/C=C\C/C=C\CC. The van der Waals surface area contributed by atoms with Crippen LogP contribution >= 0.6 is 0 Å². The standard InChI is InChI=1S/C77H114O6/c1-4-7-10-13-16-19-22-25-28-30-31-32-33-34-35-36-37-38-39-40-41-42-43-44-45-47-49-52-55-58-61-64-67-70-76(79)82-73-74(72-81-75(78)69-66-63-60-57-54-51-48-27-24-21-18-15-12-9-6-3)83-77(80)71-68-65-62-59-56-53-50-46-29-26-23-20-17-14-11-8-5-2/h7-12,16-21,25-29,31-32,34-35,37-38,40-41,43-44,47-50,53,55,58-59,62,74H,4-6,13-15,22-24,30,33,36,39,42,45-46,51-52,54,56-57,60-61,63-73H2,1-3H3/b10-7-,11-8-,12-9-,19-16-,20-17-,21-18-,28-25-,29-26-,32-31-,35-34-,38-37-,41-40-,44-43-,48-27-,49-47-,53-50-,58-55-,62-59-. The molecule has 0 aromatic heterocycles. The van der Waals surface area contributed by atoms with E-state index < -0.39 is 12.1 Å². The maximum Gasteiger partial charge on any atom is 0.306 e. The molecule has 6 nitrogen and oxygen atoms in total. The van der Waals surface area contributed by atoms with Gasteiger partial charge in [0, 0.05) is 19.3 Å². The molecular formula is C77H114O6. The van der Waals surface area contributed by atoms with E-state index in [0.717, 1.165) is 173 Å². The second-order valence-electron chi connectivity index (χ2n) is 20.2. The van der Waals surface area contributed by atoms with E-state index in [1.807, 2.05) is 0 Å². The molecule has 0 spiro atoms. The summed E-state index contributed by atoms with van der Waals surface area (Å²) < 4.78 is 16.8. The molecule has 1 unspecified atom stereocenters. The number of esters is 3. The first-order valence-electron chi connectivity index (χ1n) is 32.2. The van der Waals surface area contributed by atoms with Gasteiger partial charge in [-0.05, 0) is 167 Å². The van der Waals surface area contributed by atoms with Crippen LogP contribution in [0.25, 0.3) is 0 Å². The predicted molar refractivity (Wildman–Crippen MR) is 361 cm³/mol. The summed E-state index contributed by atoms with van der Waals surface area (Å²) in [4.78, 5) is 38.3. The number of hydrogen-bond acceptors (Lipinski definition) is 6. The van der Waals surface area contributed by atoms with E-state index in [1.165, 1.54) is 0 Å². The van der Waals surface area contributed by atoms with Crippen LogP contribution < -0.4 is 0 Å². The Kier molecular flexibility index (Phi) is 63.1. The molecule has 0 aliphatic heterocycles. The van der Waals surface area contributed by atoms with Gasteiger partial charge in [0.05, 0.1) is 0 Å². The summed E-state index contributed by atoms with van der Waals surface area (Å²) in [6, 6.07) is 0. The van der Waals surface area contributed by atoms with Crippen molar-refractivity contribution in [2.75, 3.05) is 13.2 Å². The van der Waals surface area contributed by atoms with E-state index in [2.05, 4.69) is 240 Å². The normalized spacial score (nSPS) is 13.6. The van der Waals surface area contributed by atoms with E-state index in [4.69, 9.17) is 14.2 Å². The highest BCUT2D eigenvalue weighted by Gasteiger charge is 2.19. The number of allylic oxidation sites excluding steroid dienone is 36. The lowest BCUT2D eigenvalue weighted by molar-refractivity contribution is -0.167. The third-order valence-corrected chi connectivity index (χ3v) is 12.5. The van der Waals surface area contributed by atoms with Gasteiger partial charge < -0.3 is 14.2 Å². The molecule has 0 aliphatic rings. The number of rotatable bonds is 55. The lowest BCUT2D eigenvalue weighted by atomic mass is 10.1. The van der Waals surface area contributed by atoms with Crippen molar-refractivity contribution in [3.8, 4) is 0 Å². The van der Waals surface area contributed by atoms with E-state index >= 15 is 0 Å². The minimum atomic E-state index is -0.849. The second kappa shape index (κ2) is 68.2. The van der Waals surface area contributed by atoms with Crippen molar-refractivity contribution in [1.29, 1.82) is 0 Å². The largest absolute Gasteiger partial charge is 0.462 e. The summed E-state index contributed by atoms with van der Waals surface area (Å²) >= 11 is 0. The maximum absolute atomic E-state index is 12.9. The van der Waals surface area contributed by atoms with Crippen molar-refractivity contribution in [3.05, 3.63) is 219 Å². The Balaban J connectivity index is 4.52. The smallest absolute Gasteiger partial charge is 0.306 e. The highest BCUT2D eigenvalue weighted by atomic mass is 16.6. The number of ether oxygens (including phenoxy) is 3. The van der Waals surface area contributed by atoms with Crippen molar-refractivity contribution in [1.82, 2.24) is 0 Å². The Morgan fingerprint density at radius 3 is 0.735 bits per heavy atom. The van der Waals surface area contributed by atoms with Crippen molar-refractivity contribution in [2.45, 2.75) is 232 Å². The Morgan fingerprint density at radius 1 is 0.241 bits per heavy atom. The lowest BCUT2D eigenvalue weighted by Gasteiger charge is -2.18. The van der Waals surface area contributed by atoms with E-state index in [0.29, 0.717) is 19.3 Å². The summed E-state index contributed by atoms with van der Waals surface area (Å²) in [5, 5.41) is 0. The molecule has 0 rings (SSSR count). The van der Waals surface area contributed by atoms with Gasteiger partial charge in [0.1, 0.15) is 13.2 Å². The first-order chi connectivity index (χ1) is 41.0. The highest BCUT2D eigenvalue weighted by Crippen LogP contribution is 2.11. The van der Waals surface area contributed by atoms with Gasteiger partial charge in [-0.1, -0.05) is 259 Å². The highest BCUT2D eigenvalue weighted by molar-refractivity contribution is 5.71. The zero-order valence-corrected chi connectivity index (χ0v) is 52.4. The van der Waals surface area contributed by atoms with Crippen LogP contribution in [0.4, 0.5) is 0 Å². The van der Waals surface area contributed by atoms with Crippen molar-refractivity contribution >= 4 is 17.9 Å². The Labute approximate surface area is 508 Å². The minimum absolute atomic E-state index is 0.136. The summed E-state index contributed by atoms with van der Waals surface area (Å²) in [5.41, 5.74) is 0. The van der Waals surface area contributed by atoms with E-state index in [1.54, 1.807) is 0 Å². The lowest BCUT2D eigenvalue weighted by Crippen LogP contribution is -2.30. The Morgan fingerprint density at radius 2 is 0.446 bits per heavy atom. The van der Waals surface area contributed by atoms with E-state index in [-0.39, 0.29) is 38.0 Å². The zero-order chi connectivity index (χ0) is 59.9. The summed E-state index contributed by atoms with van der Waals surface area (Å²) in [6.45, 7) is 6.17. The molecule has 0 fully saturated rings. The molecule has 0 saturated carbocycles. The molecule has 0 aliphatic carbocycles. The maximum atomic E-state index is 12.9. The molecule has 1 atom stereocenters. The van der Waals surface area contributed by atoms with Crippen LogP contribution in [-0.2, 0) is 28.6 Å². The van der Waals surface area contributed by atoms with Crippen molar-refractivity contribution in [3.63, 3.8) is 0 Å². The quantitative estimate of drug-likeness (QED) is 0.0261. The molecule has 458 valence electrons. The van der Waals surface area contributed by atoms with Gasteiger partial charge in [-0.2, -0.15) is 0 Å². The van der Waals surface area contributed by atoms with Gasteiger partial charge in [0.25, 0.3) is 0 Å². The molecule has 0 aromatic carbocycles. The van der Waals surface area contributed by atoms with Gasteiger partial charge in [0.2, 0.25) is 0 Å². The fraction of sp³-hybridized carbons (Fsp3) is 0.494. The predicted octanol–water partition coefficient (Wildman–Crippen LogP) is 22.5. The minimum Gasteiger partial charge on any atom is -0.462 e. The number of carbonyl (C=O) groups is 3. The van der Waals surface area contributed by atoms with Gasteiger partial charge in [-0.3, -0.25) is 14.4 Å². The molecule has 0 saturated heterocycles. The van der Waals surface area contributed by atoms with Crippen LogP contribution in [0.15, 0.2) is 219 Å². The fourth-order valence-electron chi connectivity index (χ4n) is 7.75. The molecule has 0 bridgehead atoms. The topological polar surface area (TPSA) is 78.9 Å². The molecule has 0 heterocycles. The molecule has 0 radical (unpaired) electrons. The third-order valence-electron chi connectivity index (χ3n) is 12.5. The van der Waals surface area contributed by atoms with Crippen LogP contribution in [0.3, 0.4) is 0 Å². The van der Waals surface area contributed by atoms with E-state index in [9.17, 15) is 14.4 Å². The average molecular weight is 1140 g/mol. The molecule has 0 aromatic rings. The molecule has 0 N–H and O–H groups in total. The number of carbonyl (C=O) groups excluding carboxylic acids is 3. The summed E-state index contributed by atoms with van der Waals surface area (Å²) in [6.07, 6.45) is 107. The van der Waals surface area contributed by atoms with Crippen LogP contribution in [0.1, 0.15) is 226 Å². The summed E-state index contributed by atoms with van der Waals surface area (Å²) in [7, 11) is 0. The second-order valence-corrected chi connectivity index (χ2v) is 20.2. The monoisotopic (exact) mass is 1130 g/mol. The number of hydrogen-bond donors (Lipinski definition) is 0. The van der Waals surface area contributed by atoms with Crippen molar-refractivity contribution in [2.24, 2.45) is 0 Å². The van der Waals surface area contributed by atoms with Gasteiger partial charge in [0.15, 0.2) is 6.10 Å². The van der Waals surface area contributed by atoms with Gasteiger partial charge in [-0.15, -0.1) is 0 Å². The van der Waals surface area contributed by atoms with Gasteiger partial charge >= 0.3 is 17.9 Å². The zero-order valence-electron chi connectivity index (χ0n) is 52.4.